The van der Waals surface area contributed by atoms with E-state index in [9.17, 15) is 0 Å². The largest absolute Gasteiger partial charge is 0.265 e. The topological polar surface area (TPSA) is 25.2 Å². The summed E-state index contributed by atoms with van der Waals surface area (Å²) in [6.45, 7) is 11.9. The van der Waals surface area contributed by atoms with Crippen LogP contribution >= 0.6 is 0 Å². The highest BCUT2D eigenvalue weighted by Crippen LogP contribution is 2.25. The van der Waals surface area contributed by atoms with Gasteiger partial charge in [0.1, 0.15) is 0 Å². The maximum atomic E-state index is 4.42. The first-order valence-electron chi connectivity index (χ1n) is 6.47. The van der Waals surface area contributed by atoms with Gasteiger partial charge in [0.15, 0.2) is 0 Å². The van der Waals surface area contributed by atoms with E-state index in [4.69, 9.17) is 0 Å². The standard InChI is InChI=1S/C14H16N2.C2H6/c1-10(2)6-14-7-13(9-16-14)12-5-4-11(3)15-8-12;1-2/h4-5,8-9H,1,6-7H2,2-3H3;1-2H3. The lowest BCUT2D eigenvalue weighted by Gasteiger charge is -2.03. The molecule has 0 saturated carbocycles. The molecule has 1 aromatic heterocycles. The number of nitrogens with zero attached hydrogens (tertiary/aromatic N) is 2. The molecule has 0 aromatic carbocycles. The zero-order valence-corrected chi connectivity index (χ0v) is 11.8. The highest BCUT2D eigenvalue weighted by atomic mass is 14.7. The van der Waals surface area contributed by atoms with Crippen LogP contribution < -0.4 is 0 Å². The Hall–Kier alpha value is -1.70. The van der Waals surface area contributed by atoms with E-state index in [2.05, 4.69) is 22.6 Å². The smallest absolute Gasteiger partial charge is 0.0373 e. The van der Waals surface area contributed by atoms with Crippen LogP contribution in [-0.2, 0) is 0 Å². The summed E-state index contributed by atoms with van der Waals surface area (Å²) in [5, 5.41) is 0. The highest BCUT2D eigenvalue weighted by molar-refractivity contribution is 5.99. The van der Waals surface area contributed by atoms with Crippen LogP contribution in [0.5, 0.6) is 0 Å². The van der Waals surface area contributed by atoms with Crippen LogP contribution in [0.3, 0.4) is 0 Å². The third-order valence-corrected chi connectivity index (χ3v) is 2.59. The van der Waals surface area contributed by atoms with Crippen LogP contribution in [-0.4, -0.2) is 10.7 Å². The van der Waals surface area contributed by atoms with Crippen molar-refractivity contribution >= 4 is 11.3 Å². The summed E-state index contributed by atoms with van der Waals surface area (Å²) in [7, 11) is 0. The van der Waals surface area contributed by atoms with Crippen molar-refractivity contribution in [3.05, 3.63) is 47.9 Å². The average Bonchev–Trinajstić information content (AvgIpc) is 2.80. The van der Waals surface area contributed by atoms with E-state index in [0.717, 1.165) is 24.1 Å². The summed E-state index contributed by atoms with van der Waals surface area (Å²) in [5.41, 5.74) is 5.83. The van der Waals surface area contributed by atoms with Gasteiger partial charge in [-0.2, -0.15) is 0 Å². The molecule has 0 amide bonds. The number of pyridine rings is 1. The lowest BCUT2D eigenvalue weighted by Crippen LogP contribution is -1.96. The Bertz CT molecular complexity index is 464. The molecular weight excluding hydrogens is 220 g/mol. The van der Waals surface area contributed by atoms with E-state index in [0.29, 0.717) is 0 Å². The molecule has 2 rings (SSSR count). The molecule has 0 saturated heterocycles. The van der Waals surface area contributed by atoms with Gasteiger partial charge in [0.2, 0.25) is 0 Å². The number of hydrogen-bond acceptors (Lipinski definition) is 2. The molecule has 1 aliphatic rings. The zero-order valence-electron chi connectivity index (χ0n) is 11.8. The SMILES string of the molecule is C=C(C)CC1=NC=C(c2ccc(C)nc2)C1.CC. The van der Waals surface area contributed by atoms with Crippen LogP contribution in [0.1, 0.15) is 44.9 Å². The van der Waals surface area contributed by atoms with Gasteiger partial charge >= 0.3 is 0 Å². The lowest BCUT2D eigenvalue weighted by atomic mass is 10.0. The Balaban J connectivity index is 0.000000771. The van der Waals surface area contributed by atoms with Gasteiger partial charge in [0, 0.05) is 36.6 Å². The van der Waals surface area contributed by atoms with Gasteiger partial charge in [-0.15, -0.1) is 0 Å². The summed E-state index contributed by atoms with van der Waals surface area (Å²) in [6, 6.07) is 4.14. The molecule has 2 heteroatoms. The van der Waals surface area contributed by atoms with Crippen LogP contribution in [0.15, 0.2) is 41.7 Å². The molecular formula is C16H22N2. The Morgan fingerprint density at radius 1 is 1.33 bits per heavy atom. The summed E-state index contributed by atoms with van der Waals surface area (Å²) in [5.74, 6) is 0. The molecule has 0 N–H and O–H groups in total. The number of aliphatic imine (C=N–C) groups is 1. The molecule has 96 valence electrons. The summed E-state index contributed by atoms with van der Waals surface area (Å²) in [4.78, 5) is 8.72. The second-order valence-electron chi connectivity index (χ2n) is 4.35. The van der Waals surface area contributed by atoms with Crippen molar-refractivity contribution in [1.82, 2.24) is 4.98 Å². The van der Waals surface area contributed by atoms with Gasteiger partial charge in [-0.05, 0) is 31.1 Å². The first-order valence-corrected chi connectivity index (χ1v) is 6.47. The average molecular weight is 242 g/mol. The van der Waals surface area contributed by atoms with Crippen molar-refractivity contribution in [3.8, 4) is 0 Å². The third-order valence-electron chi connectivity index (χ3n) is 2.59. The van der Waals surface area contributed by atoms with Gasteiger partial charge in [-0.1, -0.05) is 32.1 Å². The van der Waals surface area contributed by atoms with Crippen LogP contribution in [0.2, 0.25) is 0 Å². The zero-order chi connectivity index (χ0) is 13.5. The normalized spacial score (nSPS) is 13.3. The minimum atomic E-state index is 0.902. The van der Waals surface area contributed by atoms with E-state index < -0.39 is 0 Å². The molecule has 0 bridgehead atoms. The van der Waals surface area contributed by atoms with Crippen LogP contribution in [0.25, 0.3) is 5.57 Å². The van der Waals surface area contributed by atoms with Crippen molar-refractivity contribution in [1.29, 1.82) is 0 Å². The number of aryl methyl sites for hydroxylation is 1. The van der Waals surface area contributed by atoms with E-state index >= 15 is 0 Å². The van der Waals surface area contributed by atoms with Gasteiger partial charge < -0.3 is 0 Å². The summed E-state index contributed by atoms with van der Waals surface area (Å²) < 4.78 is 0. The number of rotatable bonds is 3. The van der Waals surface area contributed by atoms with Crippen molar-refractivity contribution in [2.45, 2.75) is 40.5 Å². The van der Waals surface area contributed by atoms with Crippen molar-refractivity contribution < 1.29 is 0 Å². The van der Waals surface area contributed by atoms with Crippen LogP contribution in [0.4, 0.5) is 0 Å². The molecule has 1 aromatic rings. The predicted molar refractivity (Wildman–Crippen MR) is 79.8 cm³/mol. The fourth-order valence-electron chi connectivity index (χ4n) is 1.77. The number of allylic oxidation sites excluding steroid dienone is 2. The quantitative estimate of drug-likeness (QED) is 0.713. The fraction of sp³-hybridized carbons (Fsp3) is 0.375. The van der Waals surface area contributed by atoms with E-state index in [1.165, 1.54) is 16.8 Å². The molecule has 18 heavy (non-hydrogen) atoms. The van der Waals surface area contributed by atoms with Gasteiger partial charge in [-0.25, -0.2) is 0 Å². The van der Waals surface area contributed by atoms with Crippen LogP contribution in [0, 0.1) is 6.92 Å². The van der Waals surface area contributed by atoms with E-state index in [1.807, 2.05) is 46.2 Å². The molecule has 0 radical (unpaired) electrons. The van der Waals surface area contributed by atoms with Crippen molar-refractivity contribution in [3.63, 3.8) is 0 Å². The summed E-state index contributed by atoms with van der Waals surface area (Å²) in [6.07, 6.45) is 5.70. The first-order chi connectivity index (χ1) is 8.65. The van der Waals surface area contributed by atoms with E-state index in [1.54, 1.807) is 0 Å². The van der Waals surface area contributed by atoms with Gasteiger partial charge in [0.25, 0.3) is 0 Å². The Kier molecular flexibility index (Phi) is 5.50. The summed E-state index contributed by atoms with van der Waals surface area (Å²) >= 11 is 0. The van der Waals surface area contributed by atoms with Crippen molar-refractivity contribution in [2.75, 3.05) is 0 Å². The Morgan fingerprint density at radius 3 is 2.61 bits per heavy atom. The molecule has 0 aliphatic carbocycles. The highest BCUT2D eigenvalue weighted by Gasteiger charge is 2.12. The maximum absolute atomic E-state index is 4.42. The Morgan fingerprint density at radius 2 is 2.06 bits per heavy atom. The van der Waals surface area contributed by atoms with E-state index in [-0.39, 0.29) is 0 Å². The lowest BCUT2D eigenvalue weighted by molar-refractivity contribution is 1.18. The second-order valence-corrected chi connectivity index (χ2v) is 4.35. The third kappa shape index (κ3) is 3.95. The molecule has 0 unspecified atom stereocenters. The predicted octanol–water partition coefficient (Wildman–Crippen LogP) is 4.57. The van der Waals surface area contributed by atoms with Gasteiger partial charge in [0.05, 0.1) is 0 Å². The molecule has 0 fully saturated rings. The molecule has 2 heterocycles. The monoisotopic (exact) mass is 242 g/mol. The number of hydrogen-bond donors (Lipinski definition) is 0. The molecule has 1 aliphatic heterocycles. The number of aromatic nitrogens is 1. The van der Waals surface area contributed by atoms with Gasteiger partial charge in [-0.3, -0.25) is 9.98 Å². The maximum Gasteiger partial charge on any atom is 0.0373 e. The minimum absolute atomic E-state index is 0.902. The Labute approximate surface area is 110 Å². The minimum Gasteiger partial charge on any atom is -0.265 e. The molecule has 2 nitrogen and oxygen atoms in total. The van der Waals surface area contributed by atoms with Crippen molar-refractivity contribution in [2.24, 2.45) is 4.99 Å². The second kappa shape index (κ2) is 6.90. The fourth-order valence-corrected chi connectivity index (χ4v) is 1.77. The first kappa shape index (κ1) is 14.4. The molecule has 0 atom stereocenters. The molecule has 0 spiro atoms.